The van der Waals surface area contributed by atoms with Crippen LogP contribution in [0.25, 0.3) is 11.0 Å². The SMILES string of the molecule is Cc1cccc2[nH]c(C3C4CCCCC43)nc12. The molecule has 2 fully saturated rings. The first kappa shape index (κ1) is 9.69. The summed E-state index contributed by atoms with van der Waals surface area (Å²) in [7, 11) is 0. The molecule has 2 heteroatoms. The first-order valence-electron chi connectivity index (χ1n) is 6.80. The Morgan fingerprint density at radius 1 is 1.18 bits per heavy atom. The number of benzene rings is 1. The van der Waals surface area contributed by atoms with Gasteiger partial charge in [0.1, 0.15) is 5.82 Å². The third-order valence-electron chi connectivity index (χ3n) is 4.71. The maximum atomic E-state index is 4.84. The van der Waals surface area contributed by atoms with Crippen molar-refractivity contribution in [1.29, 1.82) is 0 Å². The molecule has 2 aliphatic rings. The Morgan fingerprint density at radius 3 is 2.65 bits per heavy atom. The zero-order valence-electron chi connectivity index (χ0n) is 10.2. The van der Waals surface area contributed by atoms with E-state index in [1.165, 1.54) is 48.1 Å². The van der Waals surface area contributed by atoms with Crippen LogP contribution in [0, 0.1) is 18.8 Å². The number of aromatic amines is 1. The first-order chi connectivity index (χ1) is 8.34. The van der Waals surface area contributed by atoms with Gasteiger partial charge >= 0.3 is 0 Å². The number of hydrogen-bond acceptors (Lipinski definition) is 1. The summed E-state index contributed by atoms with van der Waals surface area (Å²) in [6.07, 6.45) is 5.70. The number of hydrogen-bond donors (Lipinski definition) is 1. The predicted molar refractivity (Wildman–Crippen MR) is 69.0 cm³/mol. The fourth-order valence-electron chi connectivity index (χ4n) is 3.75. The summed E-state index contributed by atoms with van der Waals surface area (Å²) in [4.78, 5) is 8.39. The summed E-state index contributed by atoms with van der Waals surface area (Å²) in [5, 5.41) is 0. The standard InChI is InChI=1S/C15H18N2/c1-9-5-4-8-12-14(9)17-15(16-12)13-10-6-2-3-7-11(10)13/h4-5,8,10-11,13H,2-3,6-7H2,1H3,(H,16,17). The van der Waals surface area contributed by atoms with Gasteiger partial charge in [0, 0.05) is 5.92 Å². The number of aryl methyl sites for hydroxylation is 1. The lowest BCUT2D eigenvalue weighted by molar-refractivity contribution is 0.480. The average molecular weight is 226 g/mol. The molecule has 1 heterocycles. The number of para-hydroxylation sites is 1. The van der Waals surface area contributed by atoms with Crippen LogP contribution in [0.2, 0.25) is 0 Å². The van der Waals surface area contributed by atoms with Crippen LogP contribution in [0.5, 0.6) is 0 Å². The van der Waals surface area contributed by atoms with Crippen LogP contribution in [-0.4, -0.2) is 9.97 Å². The van der Waals surface area contributed by atoms with Crippen molar-refractivity contribution in [3.8, 4) is 0 Å². The third kappa shape index (κ3) is 1.36. The third-order valence-corrected chi connectivity index (χ3v) is 4.71. The van der Waals surface area contributed by atoms with Crippen LogP contribution in [-0.2, 0) is 0 Å². The number of fused-ring (bicyclic) bond motifs is 2. The van der Waals surface area contributed by atoms with Gasteiger partial charge in [-0.2, -0.15) is 0 Å². The van der Waals surface area contributed by atoms with Gasteiger partial charge in [-0.05, 0) is 43.2 Å². The molecular formula is C15H18N2. The van der Waals surface area contributed by atoms with Crippen molar-refractivity contribution in [3.05, 3.63) is 29.6 Å². The van der Waals surface area contributed by atoms with E-state index in [1.54, 1.807) is 0 Å². The van der Waals surface area contributed by atoms with Crippen molar-refractivity contribution in [1.82, 2.24) is 9.97 Å². The van der Waals surface area contributed by atoms with Crippen molar-refractivity contribution in [2.45, 2.75) is 38.5 Å². The summed E-state index contributed by atoms with van der Waals surface area (Å²) >= 11 is 0. The van der Waals surface area contributed by atoms with Crippen molar-refractivity contribution in [2.24, 2.45) is 11.8 Å². The molecule has 88 valence electrons. The molecule has 0 aliphatic heterocycles. The van der Waals surface area contributed by atoms with Gasteiger partial charge in [0.25, 0.3) is 0 Å². The van der Waals surface area contributed by atoms with E-state index in [0.717, 1.165) is 17.8 Å². The number of nitrogens with zero attached hydrogens (tertiary/aromatic N) is 1. The molecule has 2 aliphatic carbocycles. The van der Waals surface area contributed by atoms with Gasteiger partial charge in [-0.1, -0.05) is 25.0 Å². The molecule has 2 nitrogen and oxygen atoms in total. The molecule has 1 N–H and O–H groups in total. The predicted octanol–water partition coefficient (Wildman–Crippen LogP) is 3.77. The number of aromatic nitrogens is 2. The molecule has 0 radical (unpaired) electrons. The van der Waals surface area contributed by atoms with Gasteiger partial charge in [-0.3, -0.25) is 0 Å². The molecule has 1 aromatic heterocycles. The molecule has 0 bridgehead atoms. The van der Waals surface area contributed by atoms with Crippen molar-refractivity contribution >= 4 is 11.0 Å². The van der Waals surface area contributed by atoms with E-state index in [1.807, 2.05) is 0 Å². The number of imidazole rings is 1. The molecule has 2 unspecified atom stereocenters. The molecule has 17 heavy (non-hydrogen) atoms. The minimum atomic E-state index is 0.740. The maximum absolute atomic E-state index is 4.84. The van der Waals surface area contributed by atoms with Crippen LogP contribution in [0.1, 0.15) is 43.0 Å². The van der Waals surface area contributed by atoms with Crippen molar-refractivity contribution in [2.75, 3.05) is 0 Å². The van der Waals surface area contributed by atoms with E-state index in [2.05, 4.69) is 30.1 Å². The summed E-state index contributed by atoms with van der Waals surface area (Å²) in [6, 6.07) is 6.40. The van der Waals surface area contributed by atoms with Gasteiger partial charge in [0.2, 0.25) is 0 Å². The molecule has 2 aromatic rings. The second kappa shape index (κ2) is 3.34. The molecule has 1 aromatic carbocycles. The maximum Gasteiger partial charge on any atom is 0.110 e. The molecule has 0 spiro atoms. The molecule has 0 amide bonds. The zero-order chi connectivity index (χ0) is 11.4. The lowest BCUT2D eigenvalue weighted by Crippen LogP contribution is -1.91. The van der Waals surface area contributed by atoms with Gasteiger partial charge in [-0.25, -0.2) is 4.98 Å². The Hall–Kier alpha value is -1.31. The normalized spacial score (nSPS) is 31.5. The van der Waals surface area contributed by atoms with E-state index in [4.69, 9.17) is 4.98 Å². The van der Waals surface area contributed by atoms with Crippen molar-refractivity contribution in [3.63, 3.8) is 0 Å². The Balaban J connectivity index is 1.75. The van der Waals surface area contributed by atoms with Crippen LogP contribution >= 0.6 is 0 Å². The number of H-pyrrole nitrogens is 1. The monoisotopic (exact) mass is 226 g/mol. The van der Waals surface area contributed by atoms with Gasteiger partial charge in [0.05, 0.1) is 11.0 Å². The highest BCUT2D eigenvalue weighted by Gasteiger charge is 2.52. The minimum absolute atomic E-state index is 0.740. The Kier molecular flexibility index (Phi) is 1.91. The van der Waals surface area contributed by atoms with Crippen LogP contribution in [0.4, 0.5) is 0 Å². The lowest BCUT2D eigenvalue weighted by Gasteiger charge is -2.04. The second-order valence-electron chi connectivity index (χ2n) is 5.73. The largest absolute Gasteiger partial charge is 0.342 e. The molecule has 4 rings (SSSR count). The number of rotatable bonds is 1. The van der Waals surface area contributed by atoms with Crippen molar-refractivity contribution < 1.29 is 0 Å². The summed E-state index contributed by atoms with van der Waals surface area (Å²) in [5.74, 6) is 3.87. The van der Waals surface area contributed by atoms with Gasteiger partial charge in [-0.15, -0.1) is 0 Å². The van der Waals surface area contributed by atoms with Gasteiger partial charge < -0.3 is 4.98 Å². The molecular weight excluding hydrogens is 208 g/mol. The summed E-state index contributed by atoms with van der Waals surface area (Å²) < 4.78 is 0. The van der Waals surface area contributed by atoms with E-state index >= 15 is 0 Å². The Bertz CT molecular complexity index is 557. The average Bonchev–Trinajstić information content (AvgIpc) is 2.91. The zero-order valence-corrected chi connectivity index (χ0v) is 10.2. The lowest BCUT2D eigenvalue weighted by atomic mass is 10.0. The van der Waals surface area contributed by atoms with Crippen LogP contribution in [0.3, 0.4) is 0 Å². The number of nitrogens with one attached hydrogen (secondary N) is 1. The molecule has 0 saturated heterocycles. The highest BCUT2D eigenvalue weighted by molar-refractivity contribution is 5.78. The molecule has 2 atom stereocenters. The quantitative estimate of drug-likeness (QED) is 0.787. The fraction of sp³-hybridized carbons (Fsp3) is 0.533. The summed E-state index contributed by atoms with van der Waals surface area (Å²) in [5.41, 5.74) is 3.67. The fourth-order valence-corrected chi connectivity index (χ4v) is 3.75. The Morgan fingerprint density at radius 2 is 1.94 bits per heavy atom. The minimum Gasteiger partial charge on any atom is -0.342 e. The highest BCUT2D eigenvalue weighted by atomic mass is 15.0. The van der Waals surface area contributed by atoms with E-state index in [-0.39, 0.29) is 0 Å². The topological polar surface area (TPSA) is 28.7 Å². The Labute approximate surface area is 101 Å². The summed E-state index contributed by atoms with van der Waals surface area (Å²) in [6.45, 7) is 2.15. The van der Waals surface area contributed by atoms with Crippen LogP contribution < -0.4 is 0 Å². The second-order valence-corrected chi connectivity index (χ2v) is 5.73. The smallest absolute Gasteiger partial charge is 0.110 e. The van der Waals surface area contributed by atoms with E-state index in [0.29, 0.717) is 0 Å². The highest BCUT2D eigenvalue weighted by Crippen LogP contribution is 2.60. The van der Waals surface area contributed by atoms with Gasteiger partial charge in [0.15, 0.2) is 0 Å². The first-order valence-corrected chi connectivity index (χ1v) is 6.80. The van der Waals surface area contributed by atoms with Crippen LogP contribution in [0.15, 0.2) is 18.2 Å². The molecule has 2 saturated carbocycles. The van der Waals surface area contributed by atoms with E-state index in [9.17, 15) is 0 Å². The van der Waals surface area contributed by atoms with E-state index < -0.39 is 0 Å².